The zero-order valence-electron chi connectivity index (χ0n) is 11.2. The number of hydrogen-bond donors (Lipinski definition) is 2. The van der Waals surface area contributed by atoms with Crippen molar-refractivity contribution in [1.82, 2.24) is 4.90 Å². The number of aliphatic imine (C=N–C) groups is 1. The summed E-state index contributed by atoms with van der Waals surface area (Å²) in [5.74, 6) is -0.291. The normalized spacial score (nSPS) is 21.4. The van der Waals surface area contributed by atoms with Gasteiger partial charge in [-0.25, -0.2) is 4.99 Å². The molecule has 2 heterocycles. The minimum Gasteiger partial charge on any atom is -0.508 e. The van der Waals surface area contributed by atoms with Gasteiger partial charge in [0.15, 0.2) is 5.17 Å². The SMILES string of the molecule is CC1=C(C(N)=O)[C@H](c2ccc(O)cc2)N2C(=O)CSC2=N1. The van der Waals surface area contributed by atoms with Gasteiger partial charge in [0.05, 0.1) is 23.1 Å². The Morgan fingerprint density at radius 2 is 2.10 bits per heavy atom. The number of rotatable bonds is 2. The molecular formula is C14H13N3O3S. The van der Waals surface area contributed by atoms with Crippen molar-refractivity contribution < 1.29 is 14.7 Å². The number of amides is 2. The number of carbonyl (C=O) groups is 2. The zero-order chi connectivity index (χ0) is 15.1. The quantitative estimate of drug-likeness (QED) is 0.856. The number of primary amides is 1. The topological polar surface area (TPSA) is 96.0 Å². The number of aromatic hydroxyl groups is 1. The van der Waals surface area contributed by atoms with E-state index in [1.165, 1.54) is 28.8 Å². The number of benzene rings is 1. The molecule has 0 unspecified atom stereocenters. The van der Waals surface area contributed by atoms with Crippen LogP contribution in [-0.4, -0.2) is 32.7 Å². The predicted molar refractivity (Wildman–Crippen MR) is 79.5 cm³/mol. The number of allylic oxidation sites excluding steroid dienone is 1. The lowest BCUT2D eigenvalue weighted by atomic mass is 9.94. The molecule has 2 amide bonds. The van der Waals surface area contributed by atoms with E-state index in [4.69, 9.17) is 5.73 Å². The van der Waals surface area contributed by atoms with Gasteiger partial charge in [-0.05, 0) is 24.6 Å². The summed E-state index contributed by atoms with van der Waals surface area (Å²) < 4.78 is 0. The monoisotopic (exact) mass is 303 g/mol. The molecular weight excluding hydrogens is 290 g/mol. The Morgan fingerprint density at radius 1 is 1.43 bits per heavy atom. The van der Waals surface area contributed by atoms with Crippen molar-refractivity contribution in [2.75, 3.05) is 5.75 Å². The molecule has 2 aliphatic heterocycles. The van der Waals surface area contributed by atoms with Crippen LogP contribution in [0, 0.1) is 0 Å². The van der Waals surface area contributed by atoms with E-state index in [1.54, 1.807) is 19.1 Å². The lowest BCUT2D eigenvalue weighted by Crippen LogP contribution is -2.40. The molecule has 0 saturated carbocycles. The second kappa shape index (κ2) is 4.92. The maximum atomic E-state index is 12.1. The number of nitrogens with two attached hydrogens (primary N) is 1. The van der Waals surface area contributed by atoms with Crippen LogP contribution in [0.4, 0.5) is 0 Å². The Morgan fingerprint density at radius 3 is 2.71 bits per heavy atom. The molecule has 1 aromatic carbocycles. The summed E-state index contributed by atoms with van der Waals surface area (Å²) in [4.78, 5) is 29.8. The van der Waals surface area contributed by atoms with Crippen molar-refractivity contribution in [1.29, 1.82) is 0 Å². The highest BCUT2D eigenvalue weighted by Gasteiger charge is 2.42. The van der Waals surface area contributed by atoms with Crippen molar-refractivity contribution in [3.8, 4) is 5.75 Å². The average Bonchev–Trinajstić information content (AvgIpc) is 2.79. The number of thioether (sulfide) groups is 1. The summed E-state index contributed by atoms with van der Waals surface area (Å²) in [6.07, 6.45) is 0. The summed E-state index contributed by atoms with van der Waals surface area (Å²) in [6.45, 7) is 1.71. The van der Waals surface area contributed by atoms with E-state index in [1.807, 2.05) is 0 Å². The summed E-state index contributed by atoms with van der Waals surface area (Å²) in [5.41, 5.74) is 7.02. The maximum absolute atomic E-state index is 12.1. The van der Waals surface area contributed by atoms with Crippen LogP contribution in [0.25, 0.3) is 0 Å². The minimum absolute atomic E-state index is 0.108. The smallest absolute Gasteiger partial charge is 0.248 e. The van der Waals surface area contributed by atoms with E-state index in [0.29, 0.717) is 27.8 Å². The second-order valence-electron chi connectivity index (χ2n) is 4.80. The fourth-order valence-corrected chi connectivity index (χ4v) is 3.47. The van der Waals surface area contributed by atoms with E-state index < -0.39 is 11.9 Å². The van der Waals surface area contributed by atoms with E-state index >= 15 is 0 Å². The summed E-state index contributed by atoms with van der Waals surface area (Å²) in [6, 6.07) is 5.80. The Kier molecular flexibility index (Phi) is 3.21. The number of fused-ring (bicyclic) bond motifs is 1. The number of phenolic OH excluding ortho intramolecular Hbond substituents is 1. The third-order valence-electron chi connectivity index (χ3n) is 3.46. The molecule has 7 heteroatoms. The third-order valence-corrected chi connectivity index (χ3v) is 4.40. The fraction of sp³-hybridized carbons (Fsp3) is 0.214. The Bertz CT molecular complexity index is 694. The lowest BCUT2D eigenvalue weighted by Gasteiger charge is -2.32. The number of phenols is 1. The summed E-state index contributed by atoms with van der Waals surface area (Å²) in [5, 5.41) is 9.99. The van der Waals surface area contributed by atoms with E-state index in [2.05, 4.69) is 4.99 Å². The van der Waals surface area contributed by atoms with Crippen LogP contribution in [-0.2, 0) is 9.59 Å². The van der Waals surface area contributed by atoms with Crippen LogP contribution in [0.3, 0.4) is 0 Å². The molecule has 0 bridgehead atoms. The van der Waals surface area contributed by atoms with Crippen molar-refractivity contribution >= 4 is 28.7 Å². The molecule has 0 aliphatic carbocycles. The number of carbonyl (C=O) groups excluding carboxylic acids is 2. The average molecular weight is 303 g/mol. The first-order valence-electron chi connectivity index (χ1n) is 6.32. The first kappa shape index (κ1) is 13.7. The highest BCUT2D eigenvalue weighted by molar-refractivity contribution is 8.15. The van der Waals surface area contributed by atoms with Gasteiger partial charge in [-0.3, -0.25) is 14.5 Å². The van der Waals surface area contributed by atoms with Crippen LogP contribution < -0.4 is 5.73 Å². The molecule has 0 spiro atoms. The zero-order valence-corrected chi connectivity index (χ0v) is 12.1. The molecule has 108 valence electrons. The van der Waals surface area contributed by atoms with Crippen LogP contribution in [0.5, 0.6) is 5.75 Å². The Labute approximate surface area is 125 Å². The highest BCUT2D eigenvalue weighted by atomic mass is 32.2. The van der Waals surface area contributed by atoms with Crippen molar-refractivity contribution in [3.05, 3.63) is 41.1 Å². The van der Waals surface area contributed by atoms with Crippen LogP contribution >= 0.6 is 11.8 Å². The second-order valence-corrected chi connectivity index (χ2v) is 5.75. The van der Waals surface area contributed by atoms with Gasteiger partial charge in [-0.2, -0.15) is 0 Å². The van der Waals surface area contributed by atoms with E-state index in [-0.39, 0.29) is 11.7 Å². The molecule has 0 aromatic heterocycles. The van der Waals surface area contributed by atoms with Gasteiger partial charge >= 0.3 is 0 Å². The minimum atomic E-state index is -0.599. The van der Waals surface area contributed by atoms with E-state index in [0.717, 1.165) is 0 Å². The molecule has 6 nitrogen and oxygen atoms in total. The Hall–Kier alpha value is -2.28. The van der Waals surface area contributed by atoms with Gasteiger partial charge in [0.1, 0.15) is 5.75 Å². The maximum Gasteiger partial charge on any atom is 0.248 e. The molecule has 1 fully saturated rings. The van der Waals surface area contributed by atoms with Gasteiger partial charge in [0.25, 0.3) is 0 Å². The fourth-order valence-electron chi connectivity index (χ4n) is 2.53. The first-order chi connectivity index (χ1) is 9.99. The van der Waals surface area contributed by atoms with Gasteiger partial charge in [-0.15, -0.1) is 0 Å². The molecule has 2 aliphatic rings. The van der Waals surface area contributed by atoms with Crippen LogP contribution in [0.15, 0.2) is 40.5 Å². The summed E-state index contributed by atoms with van der Waals surface area (Å²) >= 11 is 1.34. The molecule has 3 rings (SSSR count). The van der Waals surface area contributed by atoms with Crippen LogP contribution in [0.2, 0.25) is 0 Å². The lowest BCUT2D eigenvalue weighted by molar-refractivity contribution is -0.125. The standard InChI is InChI=1S/C14H13N3O3S/c1-7-11(13(15)20)12(8-2-4-9(18)5-3-8)17-10(19)6-21-14(17)16-7/h2-5,12,18H,6H2,1H3,(H2,15,20)/t12-/m0/s1. The summed E-state index contributed by atoms with van der Waals surface area (Å²) in [7, 11) is 0. The van der Waals surface area contributed by atoms with Crippen molar-refractivity contribution in [2.24, 2.45) is 10.7 Å². The predicted octanol–water partition coefficient (Wildman–Crippen LogP) is 1.14. The van der Waals surface area contributed by atoms with Gasteiger partial charge in [-0.1, -0.05) is 23.9 Å². The number of nitrogens with zero attached hydrogens (tertiary/aromatic N) is 2. The number of amidine groups is 1. The molecule has 3 N–H and O–H groups in total. The van der Waals surface area contributed by atoms with Crippen molar-refractivity contribution in [2.45, 2.75) is 13.0 Å². The van der Waals surface area contributed by atoms with E-state index in [9.17, 15) is 14.7 Å². The van der Waals surface area contributed by atoms with Gasteiger partial charge < -0.3 is 10.8 Å². The molecule has 1 aromatic rings. The third kappa shape index (κ3) is 2.19. The van der Waals surface area contributed by atoms with Crippen LogP contribution in [0.1, 0.15) is 18.5 Å². The van der Waals surface area contributed by atoms with Gasteiger partial charge in [0.2, 0.25) is 11.8 Å². The first-order valence-corrected chi connectivity index (χ1v) is 7.30. The highest BCUT2D eigenvalue weighted by Crippen LogP contribution is 2.40. The molecule has 21 heavy (non-hydrogen) atoms. The van der Waals surface area contributed by atoms with Gasteiger partial charge in [0, 0.05) is 0 Å². The Balaban J connectivity index is 2.17. The molecule has 1 atom stereocenters. The number of hydrogen-bond acceptors (Lipinski definition) is 5. The largest absolute Gasteiger partial charge is 0.508 e. The molecule has 0 radical (unpaired) electrons. The molecule has 1 saturated heterocycles. The van der Waals surface area contributed by atoms with Crippen molar-refractivity contribution in [3.63, 3.8) is 0 Å².